The third kappa shape index (κ3) is 3.14. The highest BCUT2D eigenvalue weighted by molar-refractivity contribution is 5.82. The Hall–Kier alpha value is -2.89. The lowest BCUT2D eigenvalue weighted by Gasteiger charge is -2.10. The van der Waals surface area contributed by atoms with E-state index in [-0.39, 0.29) is 0 Å². The number of hydrogen-bond acceptors (Lipinski definition) is 5. The minimum Gasteiger partial charge on any atom is -0.399 e. The average molecular weight is 348 g/mol. The van der Waals surface area contributed by atoms with Gasteiger partial charge in [-0.1, -0.05) is 26.0 Å². The Morgan fingerprint density at radius 3 is 2.96 bits per heavy atom. The third-order valence-electron chi connectivity index (χ3n) is 4.58. The summed E-state index contributed by atoms with van der Waals surface area (Å²) in [5.41, 5.74) is 12.0. The van der Waals surface area contributed by atoms with Crippen molar-refractivity contribution >= 4 is 11.6 Å². The van der Waals surface area contributed by atoms with Gasteiger partial charge in [0.05, 0.1) is 5.69 Å². The Kier molecular flexibility index (Phi) is 4.32. The Balaban J connectivity index is 1.80. The number of aryl methyl sites for hydroxylation is 1. The summed E-state index contributed by atoms with van der Waals surface area (Å²) >= 11 is 0. The first kappa shape index (κ1) is 16.6. The standard InChI is InChI=1S/C20H24N6/c1-13(2)12-23-20-22-9-8-16(24-20)18-17-7-4-10-26(17)25-19(18)14-5-3-6-15(21)11-14/h3,5-6,8-9,11,13H,4,7,10,12,21H2,1-2H3,(H,22,23,24). The number of anilines is 2. The second-order valence-corrected chi connectivity index (χ2v) is 7.16. The molecule has 0 saturated heterocycles. The lowest BCUT2D eigenvalue weighted by atomic mass is 10.0. The summed E-state index contributed by atoms with van der Waals surface area (Å²) in [6.07, 6.45) is 3.95. The average Bonchev–Trinajstić information content (AvgIpc) is 3.21. The molecule has 0 aliphatic carbocycles. The van der Waals surface area contributed by atoms with Crippen molar-refractivity contribution in [2.75, 3.05) is 17.6 Å². The maximum Gasteiger partial charge on any atom is 0.223 e. The molecule has 0 bridgehead atoms. The first-order valence-corrected chi connectivity index (χ1v) is 9.14. The predicted molar refractivity (Wildman–Crippen MR) is 105 cm³/mol. The maximum atomic E-state index is 6.00. The molecule has 2 aromatic heterocycles. The number of fused-ring (bicyclic) bond motifs is 1. The van der Waals surface area contributed by atoms with Crippen molar-refractivity contribution in [2.45, 2.75) is 33.2 Å². The van der Waals surface area contributed by atoms with Crippen LogP contribution in [-0.4, -0.2) is 26.3 Å². The van der Waals surface area contributed by atoms with E-state index >= 15 is 0 Å². The zero-order valence-electron chi connectivity index (χ0n) is 15.2. The molecule has 1 aliphatic rings. The molecule has 6 heteroatoms. The van der Waals surface area contributed by atoms with Gasteiger partial charge < -0.3 is 11.1 Å². The van der Waals surface area contributed by atoms with E-state index in [1.54, 1.807) is 0 Å². The Morgan fingerprint density at radius 1 is 1.27 bits per heavy atom. The molecule has 3 heterocycles. The largest absolute Gasteiger partial charge is 0.399 e. The van der Waals surface area contributed by atoms with Crippen LogP contribution in [0.3, 0.4) is 0 Å². The zero-order chi connectivity index (χ0) is 18.1. The van der Waals surface area contributed by atoms with Crippen molar-refractivity contribution in [3.63, 3.8) is 0 Å². The lowest BCUT2D eigenvalue weighted by Crippen LogP contribution is -2.10. The summed E-state index contributed by atoms with van der Waals surface area (Å²) in [4.78, 5) is 9.13. The van der Waals surface area contributed by atoms with E-state index in [1.165, 1.54) is 5.69 Å². The van der Waals surface area contributed by atoms with Gasteiger partial charge in [0.25, 0.3) is 0 Å². The van der Waals surface area contributed by atoms with Crippen LogP contribution in [-0.2, 0) is 13.0 Å². The normalized spacial score (nSPS) is 13.2. The molecule has 3 aromatic rings. The van der Waals surface area contributed by atoms with Crippen molar-refractivity contribution in [3.05, 3.63) is 42.2 Å². The monoisotopic (exact) mass is 348 g/mol. The van der Waals surface area contributed by atoms with E-state index in [2.05, 4.69) is 34.9 Å². The summed E-state index contributed by atoms with van der Waals surface area (Å²) in [6, 6.07) is 9.85. The number of nitrogens with two attached hydrogens (primary N) is 1. The van der Waals surface area contributed by atoms with Gasteiger partial charge in [0.1, 0.15) is 5.69 Å². The van der Waals surface area contributed by atoms with Crippen LogP contribution < -0.4 is 11.1 Å². The SMILES string of the molecule is CC(C)CNc1nccc(-c2c(-c3cccc(N)c3)nn3c2CCC3)n1. The van der Waals surface area contributed by atoms with Gasteiger partial charge in [0.15, 0.2) is 0 Å². The molecule has 4 rings (SSSR count). The summed E-state index contributed by atoms with van der Waals surface area (Å²) in [7, 11) is 0. The van der Waals surface area contributed by atoms with Crippen LogP contribution in [0.2, 0.25) is 0 Å². The number of rotatable bonds is 5. The zero-order valence-corrected chi connectivity index (χ0v) is 15.2. The van der Waals surface area contributed by atoms with Crippen molar-refractivity contribution in [1.29, 1.82) is 0 Å². The number of nitrogens with zero attached hydrogens (tertiary/aromatic N) is 4. The highest BCUT2D eigenvalue weighted by Gasteiger charge is 2.24. The molecule has 26 heavy (non-hydrogen) atoms. The fraction of sp³-hybridized carbons (Fsp3) is 0.350. The van der Waals surface area contributed by atoms with Crippen molar-refractivity contribution < 1.29 is 0 Å². The van der Waals surface area contributed by atoms with Crippen LogP contribution in [0.25, 0.3) is 22.5 Å². The van der Waals surface area contributed by atoms with Crippen LogP contribution in [0.5, 0.6) is 0 Å². The molecule has 0 radical (unpaired) electrons. The smallest absolute Gasteiger partial charge is 0.223 e. The van der Waals surface area contributed by atoms with Crippen LogP contribution in [0, 0.1) is 5.92 Å². The van der Waals surface area contributed by atoms with E-state index in [0.29, 0.717) is 11.9 Å². The minimum absolute atomic E-state index is 0.533. The van der Waals surface area contributed by atoms with E-state index in [0.717, 1.165) is 54.1 Å². The highest BCUT2D eigenvalue weighted by atomic mass is 15.3. The van der Waals surface area contributed by atoms with E-state index in [4.69, 9.17) is 15.8 Å². The van der Waals surface area contributed by atoms with Gasteiger partial charge in [0, 0.05) is 41.8 Å². The van der Waals surface area contributed by atoms with Crippen LogP contribution >= 0.6 is 0 Å². The fourth-order valence-corrected chi connectivity index (χ4v) is 3.37. The Morgan fingerprint density at radius 2 is 2.15 bits per heavy atom. The Labute approximate surface area is 153 Å². The van der Waals surface area contributed by atoms with E-state index in [1.807, 2.05) is 30.5 Å². The molecule has 3 N–H and O–H groups in total. The lowest BCUT2D eigenvalue weighted by molar-refractivity contribution is 0.659. The van der Waals surface area contributed by atoms with Gasteiger partial charge in [-0.05, 0) is 37.0 Å². The first-order valence-electron chi connectivity index (χ1n) is 9.14. The van der Waals surface area contributed by atoms with Crippen LogP contribution in [0.15, 0.2) is 36.5 Å². The van der Waals surface area contributed by atoms with Gasteiger partial charge in [-0.15, -0.1) is 0 Å². The predicted octanol–water partition coefficient (Wildman–Crippen LogP) is 3.60. The topological polar surface area (TPSA) is 81.6 Å². The van der Waals surface area contributed by atoms with Gasteiger partial charge in [-0.3, -0.25) is 4.68 Å². The number of benzene rings is 1. The molecule has 0 spiro atoms. The van der Waals surface area contributed by atoms with Crippen LogP contribution in [0.4, 0.5) is 11.6 Å². The first-order chi connectivity index (χ1) is 12.6. The van der Waals surface area contributed by atoms with Crippen molar-refractivity contribution in [3.8, 4) is 22.5 Å². The molecular formula is C20H24N6. The summed E-state index contributed by atoms with van der Waals surface area (Å²) in [5, 5.41) is 8.18. The fourth-order valence-electron chi connectivity index (χ4n) is 3.37. The highest BCUT2D eigenvalue weighted by Crippen LogP contribution is 2.37. The quantitative estimate of drug-likeness (QED) is 0.689. The molecule has 6 nitrogen and oxygen atoms in total. The third-order valence-corrected chi connectivity index (χ3v) is 4.58. The van der Waals surface area contributed by atoms with Gasteiger partial charge in [-0.2, -0.15) is 5.10 Å². The summed E-state index contributed by atoms with van der Waals surface area (Å²) < 4.78 is 2.11. The van der Waals surface area contributed by atoms with Crippen LogP contribution in [0.1, 0.15) is 26.0 Å². The number of aromatic nitrogens is 4. The number of nitrogens with one attached hydrogen (secondary N) is 1. The molecule has 0 atom stereocenters. The molecular weight excluding hydrogens is 324 g/mol. The van der Waals surface area contributed by atoms with Gasteiger partial charge >= 0.3 is 0 Å². The summed E-state index contributed by atoms with van der Waals surface area (Å²) in [5.74, 6) is 1.19. The van der Waals surface area contributed by atoms with Gasteiger partial charge in [-0.25, -0.2) is 9.97 Å². The molecule has 0 amide bonds. The molecule has 0 unspecified atom stereocenters. The number of nitrogen functional groups attached to an aromatic ring is 1. The van der Waals surface area contributed by atoms with Crippen molar-refractivity contribution in [1.82, 2.24) is 19.7 Å². The molecule has 1 aliphatic heterocycles. The minimum atomic E-state index is 0.533. The molecule has 134 valence electrons. The maximum absolute atomic E-state index is 6.00. The summed E-state index contributed by atoms with van der Waals surface area (Å²) in [6.45, 7) is 6.13. The molecule has 1 aromatic carbocycles. The second-order valence-electron chi connectivity index (χ2n) is 7.16. The Bertz CT molecular complexity index is 928. The molecule has 0 saturated carbocycles. The van der Waals surface area contributed by atoms with Gasteiger partial charge in [0.2, 0.25) is 5.95 Å². The molecule has 0 fully saturated rings. The van der Waals surface area contributed by atoms with Crippen molar-refractivity contribution in [2.24, 2.45) is 5.92 Å². The number of hydrogen-bond donors (Lipinski definition) is 2. The van der Waals surface area contributed by atoms with E-state index < -0.39 is 0 Å². The van der Waals surface area contributed by atoms with E-state index in [9.17, 15) is 0 Å². The second kappa shape index (κ2) is 6.78.